The fourth-order valence-electron chi connectivity index (χ4n) is 2.29. The molecule has 0 saturated heterocycles. The molecular weight excluding hydrogens is 318 g/mol. The van der Waals surface area contributed by atoms with Crippen molar-refractivity contribution in [2.24, 2.45) is 0 Å². The molecule has 0 fully saturated rings. The Morgan fingerprint density at radius 2 is 1.90 bits per heavy atom. The number of carbonyl (C=O) groups excluding carboxylic acids is 1. The Kier molecular flexibility index (Phi) is 4.65. The quantitative estimate of drug-likeness (QED) is 0.777. The minimum Gasteiger partial charge on any atom is -0.464 e. The zero-order valence-electron chi connectivity index (χ0n) is 11.9. The van der Waals surface area contributed by atoms with E-state index in [0.29, 0.717) is 6.61 Å². The van der Waals surface area contributed by atoms with E-state index in [1.165, 1.54) is 0 Å². The van der Waals surface area contributed by atoms with E-state index in [4.69, 9.17) is 4.74 Å². The minimum atomic E-state index is -0.330. The number of hydrogen-bond acceptors (Lipinski definition) is 2. The summed E-state index contributed by atoms with van der Waals surface area (Å²) in [7, 11) is 0. The van der Waals surface area contributed by atoms with Crippen LogP contribution in [0.25, 0.3) is 11.3 Å². The molecule has 106 valence electrons. The van der Waals surface area contributed by atoms with Crippen molar-refractivity contribution in [2.75, 3.05) is 6.61 Å². The van der Waals surface area contributed by atoms with Crippen molar-refractivity contribution in [3.05, 3.63) is 46.6 Å². The van der Waals surface area contributed by atoms with Crippen LogP contribution >= 0.6 is 15.9 Å². The Bertz CT molecular complexity index is 601. The lowest BCUT2D eigenvalue weighted by Crippen LogP contribution is -2.20. The first-order chi connectivity index (χ1) is 9.54. The molecule has 0 saturated carbocycles. The molecule has 2 aromatic rings. The second-order valence-electron chi connectivity index (χ2n) is 4.66. The number of carbonyl (C=O) groups is 1. The van der Waals surface area contributed by atoms with Crippen molar-refractivity contribution >= 4 is 21.9 Å². The fraction of sp³-hybridized carbons (Fsp3) is 0.312. The Balaban J connectivity index is 2.41. The first kappa shape index (κ1) is 14.9. The molecule has 0 aliphatic rings. The summed E-state index contributed by atoms with van der Waals surface area (Å²) in [5, 5.41) is 0. The smallest absolute Gasteiger partial charge is 0.328 e. The van der Waals surface area contributed by atoms with Gasteiger partial charge in [0.05, 0.1) is 6.61 Å². The maximum Gasteiger partial charge on any atom is 0.328 e. The Morgan fingerprint density at radius 1 is 1.25 bits per heavy atom. The van der Waals surface area contributed by atoms with Crippen molar-refractivity contribution in [2.45, 2.75) is 26.8 Å². The maximum absolute atomic E-state index is 12.0. The molecule has 2 rings (SSSR count). The topological polar surface area (TPSA) is 31.2 Å². The minimum absolute atomic E-state index is 0.204. The summed E-state index contributed by atoms with van der Waals surface area (Å²) in [6.07, 6.45) is 0. The average Bonchev–Trinajstić information content (AvgIpc) is 2.81. The standard InChI is InChI=1S/C16H18BrNO2/c1-4-20-16(19)12(3)18-11(2)5-10-15(18)13-6-8-14(17)9-7-13/h5-10,12H,4H2,1-3H3/t12-/m0/s1. The van der Waals surface area contributed by atoms with Gasteiger partial charge in [-0.15, -0.1) is 0 Å². The number of esters is 1. The van der Waals surface area contributed by atoms with Crippen LogP contribution in [0, 0.1) is 6.92 Å². The first-order valence-corrected chi connectivity index (χ1v) is 7.44. The summed E-state index contributed by atoms with van der Waals surface area (Å²) in [6.45, 7) is 6.09. The van der Waals surface area contributed by atoms with E-state index in [-0.39, 0.29) is 12.0 Å². The van der Waals surface area contributed by atoms with Gasteiger partial charge in [-0.1, -0.05) is 28.1 Å². The summed E-state index contributed by atoms with van der Waals surface area (Å²) in [5.41, 5.74) is 3.15. The van der Waals surface area contributed by atoms with Crippen molar-refractivity contribution in [3.8, 4) is 11.3 Å². The van der Waals surface area contributed by atoms with E-state index in [1.807, 2.05) is 61.7 Å². The Morgan fingerprint density at radius 3 is 2.50 bits per heavy atom. The molecule has 1 atom stereocenters. The molecule has 1 aromatic heterocycles. The molecule has 20 heavy (non-hydrogen) atoms. The van der Waals surface area contributed by atoms with Gasteiger partial charge >= 0.3 is 5.97 Å². The third kappa shape index (κ3) is 2.96. The number of aromatic nitrogens is 1. The fourth-order valence-corrected chi connectivity index (χ4v) is 2.55. The highest BCUT2D eigenvalue weighted by atomic mass is 79.9. The van der Waals surface area contributed by atoms with E-state index in [0.717, 1.165) is 21.4 Å². The number of halogens is 1. The third-order valence-corrected chi connectivity index (χ3v) is 3.81. The number of nitrogens with zero attached hydrogens (tertiary/aromatic N) is 1. The van der Waals surface area contributed by atoms with Crippen LogP contribution in [0.2, 0.25) is 0 Å². The number of rotatable bonds is 4. The number of ether oxygens (including phenoxy) is 1. The van der Waals surface area contributed by atoms with Gasteiger partial charge in [-0.05, 0) is 50.6 Å². The zero-order chi connectivity index (χ0) is 14.7. The molecule has 0 aliphatic heterocycles. The van der Waals surface area contributed by atoms with Gasteiger partial charge in [0.25, 0.3) is 0 Å². The molecule has 4 heteroatoms. The Labute approximate surface area is 127 Å². The summed E-state index contributed by atoms with van der Waals surface area (Å²) < 4.78 is 8.18. The van der Waals surface area contributed by atoms with Gasteiger partial charge < -0.3 is 9.30 Å². The highest BCUT2D eigenvalue weighted by Gasteiger charge is 2.20. The van der Waals surface area contributed by atoms with Gasteiger partial charge in [0.2, 0.25) is 0 Å². The summed E-state index contributed by atoms with van der Waals surface area (Å²) in [6, 6.07) is 11.8. The SMILES string of the molecule is CCOC(=O)[C@H](C)n1c(C)ccc1-c1ccc(Br)cc1. The predicted octanol–water partition coefficient (Wildman–Crippen LogP) is 4.35. The molecule has 0 unspecified atom stereocenters. The van der Waals surface area contributed by atoms with Crippen molar-refractivity contribution in [3.63, 3.8) is 0 Å². The molecule has 0 N–H and O–H groups in total. The molecule has 0 radical (unpaired) electrons. The van der Waals surface area contributed by atoms with E-state index in [1.54, 1.807) is 0 Å². The molecule has 3 nitrogen and oxygen atoms in total. The average molecular weight is 336 g/mol. The molecule has 0 amide bonds. The predicted molar refractivity (Wildman–Crippen MR) is 83.6 cm³/mol. The van der Waals surface area contributed by atoms with Crippen LogP contribution in [0.15, 0.2) is 40.9 Å². The Hall–Kier alpha value is -1.55. The van der Waals surface area contributed by atoms with Gasteiger partial charge in [-0.3, -0.25) is 0 Å². The van der Waals surface area contributed by atoms with Crippen LogP contribution in [-0.2, 0) is 9.53 Å². The van der Waals surface area contributed by atoms with Crippen LogP contribution in [-0.4, -0.2) is 17.1 Å². The van der Waals surface area contributed by atoms with E-state index in [9.17, 15) is 4.79 Å². The van der Waals surface area contributed by atoms with E-state index >= 15 is 0 Å². The summed E-state index contributed by atoms with van der Waals surface area (Å²) in [5.74, 6) is -0.204. The molecule has 0 spiro atoms. The lowest BCUT2D eigenvalue weighted by molar-refractivity contribution is -0.146. The lowest BCUT2D eigenvalue weighted by Gasteiger charge is -2.18. The van der Waals surface area contributed by atoms with E-state index in [2.05, 4.69) is 15.9 Å². The molecule has 0 aliphatic carbocycles. The number of hydrogen-bond donors (Lipinski definition) is 0. The maximum atomic E-state index is 12.0. The van der Waals surface area contributed by atoms with Crippen molar-refractivity contribution < 1.29 is 9.53 Å². The second-order valence-corrected chi connectivity index (χ2v) is 5.58. The van der Waals surface area contributed by atoms with Crippen molar-refractivity contribution in [1.29, 1.82) is 0 Å². The van der Waals surface area contributed by atoms with Gasteiger partial charge in [-0.2, -0.15) is 0 Å². The van der Waals surface area contributed by atoms with Crippen LogP contribution < -0.4 is 0 Å². The third-order valence-electron chi connectivity index (χ3n) is 3.28. The monoisotopic (exact) mass is 335 g/mol. The van der Waals surface area contributed by atoms with Crippen LogP contribution in [0.3, 0.4) is 0 Å². The van der Waals surface area contributed by atoms with Crippen molar-refractivity contribution in [1.82, 2.24) is 4.57 Å². The largest absolute Gasteiger partial charge is 0.464 e. The lowest BCUT2D eigenvalue weighted by atomic mass is 10.1. The normalized spacial score (nSPS) is 12.2. The zero-order valence-corrected chi connectivity index (χ0v) is 13.5. The van der Waals surface area contributed by atoms with Crippen LogP contribution in [0.1, 0.15) is 25.6 Å². The molecule has 0 bridgehead atoms. The molecule has 1 aromatic carbocycles. The van der Waals surface area contributed by atoms with Crippen LogP contribution in [0.4, 0.5) is 0 Å². The summed E-state index contributed by atoms with van der Waals surface area (Å²) in [4.78, 5) is 12.0. The second kappa shape index (κ2) is 6.27. The first-order valence-electron chi connectivity index (χ1n) is 6.65. The van der Waals surface area contributed by atoms with Gasteiger partial charge in [0, 0.05) is 15.9 Å². The number of aryl methyl sites for hydroxylation is 1. The van der Waals surface area contributed by atoms with Gasteiger partial charge in [-0.25, -0.2) is 4.79 Å². The summed E-state index contributed by atoms with van der Waals surface area (Å²) >= 11 is 3.43. The van der Waals surface area contributed by atoms with Gasteiger partial charge in [0.15, 0.2) is 0 Å². The number of benzene rings is 1. The van der Waals surface area contributed by atoms with Gasteiger partial charge in [0.1, 0.15) is 6.04 Å². The molecular formula is C16H18BrNO2. The molecule has 1 heterocycles. The van der Waals surface area contributed by atoms with Crippen LogP contribution in [0.5, 0.6) is 0 Å². The highest BCUT2D eigenvalue weighted by Crippen LogP contribution is 2.27. The van der Waals surface area contributed by atoms with E-state index < -0.39 is 0 Å². The highest BCUT2D eigenvalue weighted by molar-refractivity contribution is 9.10.